The average Bonchev–Trinajstić information content (AvgIpc) is 3.27. The van der Waals surface area contributed by atoms with Crippen LogP contribution in [0, 0.1) is 5.82 Å². The van der Waals surface area contributed by atoms with Crippen molar-refractivity contribution in [2.75, 3.05) is 19.6 Å². The smallest absolute Gasteiger partial charge is 0.228 e. The standard InChI is InChI=1S/C19H24FN3OS.2ClH/c1-2-9-23(17-7-8-21-12-17)19(24)11-16-13-25-18(22-16)10-14-3-5-15(20)6-4-14;;/h3-6,13,17,21H,2,7-12H2,1H3;2*1H. The molecule has 1 aromatic heterocycles. The molecule has 8 heteroatoms. The fourth-order valence-corrected chi connectivity index (χ4v) is 4.03. The van der Waals surface area contributed by atoms with Gasteiger partial charge in [0, 0.05) is 30.9 Å². The lowest BCUT2D eigenvalue weighted by Gasteiger charge is -2.28. The van der Waals surface area contributed by atoms with Gasteiger partial charge in [0.1, 0.15) is 5.82 Å². The minimum atomic E-state index is -0.230. The first kappa shape index (κ1) is 23.8. The molecule has 1 amide bonds. The summed E-state index contributed by atoms with van der Waals surface area (Å²) in [7, 11) is 0. The highest BCUT2D eigenvalue weighted by Gasteiger charge is 2.26. The highest BCUT2D eigenvalue weighted by atomic mass is 35.5. The normalized spacial score (nSPS) is 15.7. The Balaban J connectivity index is 0.00000182. The van der Waals surface area contributed by atoms with E-state index in [9.17, 15) is 9.18 Å². The number of aromatic nitrogens is 1. The second-order valence-electron chi connectivity index (χ2n) is 6.45. The Morgan fingerprint density at radius 3 is 2.70 bits per heavy atom. The highest BCUT2D eigenvalue weighted by molar-refractivity contribution is 7.09. The number of hydrogen-bond acceptors (Lipinski definition) is 4. The van der Waals surface area contributed by atoms with Crippen molar-refractivity contribution in [3.8, 4) is 0 Å². The number of nitrogens with zero attached hydrogens (tertiary/aromatic N) is 2. The monoisotopic (exact) mass is 433 g/mol. The molecule has 0 aliphatic carbocycles. The van der Waals surface area contributed by atoms with Crippen LogP contribution in [-0.4, -0.2) is 41.5 Å². The Kier molecular flexibility index (Phi) is 10.2. The molecule has 1 N–H and O–H groups in total. The number of benzene rings is 1. The van der Waals surface area contributed by atoms with Gasteiger partial charge in [-0.1, -0.05) is 19.1 Å². The van der Waals surface area contributed by atoms with Crippen molar-refractivity contribution in [1.29, 1.82) is 0 Å². The van der Waals surface area contributed by atoms with Crippen molar-refractivity contribution >= 4 is 42.1 Å². The Hall–Kier alpha value is -1.21. The average molecular weight is 434 g/mol. The molecule has 2 aromatic rings. The molecule has 1 unspecified atom stereocenters. The largest absolute Gasteiger partial charge is 0.338 e. The van der Waals surface area contributed by atoms with Gasteiger partial charge in [0.05, 0.1) is 17.1 Å². The van der Waals surface area contributed by atoms with E-state index in [1.165, 1.54) is 12.1 Å². The first-order chi connectivity index (χ1) is 12.2. The summed E-state index contributed by atoms with van der Waals surface area (Å²) in [6.07, 6.45) is 3.02. The Morgan fingerprint density at radius 2 is 2.07 bits per heavy atom. The fourth-order valence-electron chi connectivity index (χ4n) is 3.20. The summed E-state index contributed by atoms with van der Waals surface area (Å²) in [6, 6.07) is 6.79. The summed E-state index contributed by atoms with van der Waals surface area (Å²) in [6.45, 7) is 4.78. The molecule has 1 atom stereocenters. The van der Waals surface area contributed by atoms with E-state index in [0.29, 0.717) is 18.9 Å². The maximum absolute atomic E-state index is 13.0. The fraction of sp³-hybridized carbons (Fsp3) is 0.474. The number of thiazole rings is 1. The third-order valence-corrected chi connectivity index (χ3v) is 5.36. The van der Waals surface area contributed by atoms with Crippen LogP contribution in [0.3, 0.4) is 0 Å². The zero-order valence-corrected chi connectivity index (χ0v) is 17.8. The van der Waals surface area contributed by atoms with Gasteiger partial charge in [0.2, 0.25) is 5.91 Å². The van der Waals surface area contributed by atoms with Crippen LogP contribution >= 0.6 is 36.2 Å². The summed E-state index contributed by atoms with van der Waals surface area (Å²) in [5.41, 5.74) is 1.86. The molecule has 0 bridgehead atoms. The van der Waals surface area contributed by atoms with Gasteiger partial charge in [-0.3, -0.25) is 4.79 Å². The molecule has 0 radical (unpaired) electrons. The SMILES string of the molecule is CCCN(C(=O)Cc1csc(Cc2ccc(F)cc2)n1)C1CCNC1.Cl.Cl. The highest BCUT2D eigenvalue weighted by Crippen LogP contribution is 2.17. The van der Waals surface area contributed by atoms with Gasteiger partial charge in [0.25, 0.3) is 0 Å². The molecule has 1 aromatic carbocycles. The summed E-state index contributed by atoms with van der Waals surface area (Å²) in [5.74, 6) is -0.0687. The van der Waals surface area contributed by atoms with E-state index >= 15 is 0 Å². The predicted molar refractivity (Wildman–Crippen MR) is 113 cm³/mol. The number of nitrogens with one attached hydrogen (secondary N) is 1. The van der Waals surface area contributed by atoms with Crippen LogP contribution in [0.5, 0.6) is 0 Å². The van der Waals surface area contributed by atoms with Gasteiger partial charge in [0.15, 0.2) is 0 Å². The van der Waals surface area contributed by atoms with Gasteiger partial charge in [-0.2, -0.15) is 0 Å². The van der Waals surface area contributed by atoms with Crippen molar-refractivity contribution < 1.29 is 9.18 Å². The number of rotatable bonds is 7. The van der Waals surface area contributed by atoms with Gasteiger partial charge < -0.3 is 10.2 Å². The van der Waals surface area contributed by atoms with Crippen molar-refractivity contribution in [3.05, 3.63) is 51.7 Å². The molecule has 150 valence electrons. The molecular formula is C19H26Cl2FN3OS. The molecule has 2 heterocycles. The third-order valence-electron chi connectivity index (χ3n) is 4.46. The second kappa shape index (κ2) is 11.6. The van der Waals surface area contributed by atoms with Crippen LogP contribution in [0.15, 0.2) is 29.6 Å². The first-order valence-electron chi connectivity index (χ1n) is 8.83. The van der Waals surface area contributed by atoms with E-state index in [2.05, 4.69) is 17.2 Å². The lowest BCUT2D eigenvalue weighted by molar-refractivity contribution is -0.132. The zero-order valence-electron chi connectivity index (χ0n) is 15.3. The van der Waals surface area contributed by atoms with Crippen LogP contribution in [0.1, 0.15) is 36.0 Å². The van der Waals surface area contributed by atoms with Crippen LogP contribution in [-0.2, 0) is 17.6 Å². The van der Waals surface area contributed by atoms with Gasteiger partial charge in [-0.15, -0.1) is 36.2 Å². The second-order valence-corrected chi connectivity index (χ2v) is 7.39. The van der Waals surface area contributed by atoms with Crippen molar-refractivity contribution in [2.45, 2.75) is 38.6 Å². The molecular weight excluding hydrogens is 408 g/mol. The van der Waals surface area contributed by atoms with Crippen LogP contribution in [0.25, 0.3) is 0 Å². The first-order valence-corrected chi connectivity index (χ1v) is 9.71. The minimum absolute atomic E-state index is 0. The molecule has 0 saturated carbocycles. The quantitative estimate of drug-likeness (QED) is 0.720. The Morgan fingerprint density at radius 1 is 1.33 bits per heavy atom. The molecule has 1 aliphatic rings. The zero-order chi connectivity index (χ0) is 17.6. The molecule has 0 spiro atoms. The lowest BCUT2D eigenvalue weighted by Crippen LogP contribution is -2.42. The van der Waals surface area contributed by atoms with Crippen LogP contribution in [0.4, 0.5) is 4.39 Å². The predicted octanol–water partition coefficient (Wildman–Crippen LogP) is 3.86. The summed E-state index contributed by atoms with van der Waals surface area (Å²) in [5, 5.41) is 6.25. The van der Waals surface area contributed by atoms with Crippen molar-refractivity contribution in [1.82, 2.24) is 15.2 Å². The van der Waals surface area contributed by atoms with Crippen molar-refractivity contribution in [3.63, 3.8) is 0 Å². The van der Waals surface area contributed by atoms with Crippen LogP contribution in [0.2, 0.25) is 0 Å². The number of carbonyl (C=O) groups is 1. The van der Waals surface area contributed by atoms with Crippen LogP contribution < -0.4 is 5.32 Å². The summed E-state index contributed by atoms with van der Waals surface area (Å²) >= 11 is 1.56. The lowest BCUT2D eigenvalue weighted by atomic mass is 10.1. The molecule has 1 saturated heterocycles. The van der Waals surface area contributed by atoms with Gasteiger partial charge >= 0.3 is 0 Å². The topological polar surface area (TPSA) is 45.2 Å². The summed E-state index contributed by atoms with van der Waals surface area (Å²) in [4.78, 5) is 19.3. The van der Waals surface area contributed by atoms with Gasteiger partial charge in [-0.05, 0) is 37.1 Å². The maximum atomic E-state index is 13.0. The Bertz CT molecular complexity index is 705. The van der Waals surface area contributed by atoms with E-state index in [0.717, 1.165) is 48.7 Å². The minimum Gasteiger partial charge on any atom is -0.338 e. The molecule has 1 fully saturated rings. The molecule has 4 nitrogen and oxygen atoms in total. The van der Waals surface area contributed by atoms with E-state index in [4.69, 9.17) is 0 Å². The molecule has 27 heavy (non-hydrogen) atoms. The van der Waals surface area contributed by atoms with Crippen molar-refractivity contribution in [2.24, 2.45) is 0 Å². The Labute approximate surface area is 176 Å². The number of hydrogen-bond donors (Lipinski definition) is 1. The van der Waals surface area contributed by atoms with E-state index < -0.39 is 0 Å². The summed E-state index contributed by atoms with van der Waals surface area (Å²) < 4.78 is 13.0. The number of halogens is 3. The number of carbonyl (C=O) groups excluding carboxylic acids is 1. The van der Waals surface area contributed by atoms with Gasteiger partial charge in [-0.25, -0.2) is 9.37 Å². The van der Waals surface area contributed by atoms with E-state index in [1.54, 1.807) is 23.5 Å². The van der Waals surface area contributed by atoms with E-state index in [-0.39, 0.29) is 36.5 Å². The number of amides is 1. The molecule has 1 aliphatic heterocycles. The molecule has 3 rings (SSSR count). The maximum Gasteiger partial charge on any atom is 0.228 e. The third kappa shape index (κ3) is 6.71. The van der Waals surface area contributed by atoms with E-state index in [1.807, 2.05) is 10.3 Å².